The molecule has 1 aromatic rings. The number of methoxy groups -OCH3 is 1. The molecule has 1 aliphatic rings. The number of ether oxygens (including phenoxy) is 1. The zero-order valence-electron chi connectivity index (χ0n) is 10.1. The standard InChI is InChI=1S/C13H19NO2S/c1-16-12-7-2-3-8-13(12)17(15)11-6-4-5-10(14)9-11/h2-3,7-8,10-11H,4-6,9,14H2,1H3. The highest BCUT2D eigenvalue weighted by Crippen LogP contribution is 2.29. The van der Waals surface area contributed by atoms with Gasteiger partial charge in [0.05, 0.1) is 22.8 Å². The Morgan fingerprint density at radius 3 is 2.82 bits per heavy atom. The van der Waals surface area contributed by atoms with Gasteiger partial charge in [0.2, 0.25) is 0 Å². The van der Waals surface area contributed by atoms with E-state index in [2.05, 4.69) is 0 Å². The van der Waals surface area contributed by atoms with Gasteiger partial charge in [-0.2, -0.15) is 0 Å². The average molecular weight is 253 g/mol. The van der Waals surface area contributed by atoms with Gasteiger partial charge >= 0.3 is 0 Å². The highest BCUT2D eigenvalue weighted by Gasteiger charge is 2.26. The van der Waals surface area contributed by atoms with Crippen molar-refractivity contribution in [3.8, 4) is 5.75 Å². The minimum absolute atomic E-state index is 0.176. The summed E-state index contributed by atoms with van der Waals surface area (Å²) in [4.78, 5) is 0.800. The predicted octanol–water partition coefficient (Wildman–Crippen LogP) is 2.07. The summed E-state index contributed by atoms with van der Waals surface area (Å²) in [6.07, 6.45) is 3.98. The second kappa shape index (κ2) is 5.65. The lowest BCUT2D eigenvalue weighted by Gasteiger charge is -2.26. The normalized spacial score (nSPS) is 26.5. The van der Waals surface area contributed by atoms with E-state index in [1.807, 2.05) is 24.3 Å². The minimum Gasteiger partial charge on any atom is -0.495 e. The van der Waals surface area contributed by atoms with E-state index in [9.17, 15) is 4.21 Å². The van der Waals surface area contributed by atoms with Crippen LogP contribution >= 0.6 is 0 Å². The van der Waals surface area contributed by atoms with Crippen LogP contribution in [0.5, 0.6) is 5.75 Å². The van der Waals surface area contributed by atoms with Crippen LogP contribution in [-0.2, 0) is 10.8 Å². The van der Waals surface area contributed by atoms with E-state index in [4.69, 9.17) is 10.5 Å². The van der Waals surface area contributed by atoms with Crippen LogP contribution in [0.3, 0.4) is 0 Å². The van der Waals surface area contributed by atoms with Crippen LogP contribution in [0, 0.1) is 0 Å². The van der Waals surface area contributed by atoms with Crippen molar-refractivity contribution in [1.82, 2.24) is 0 Å². The van der Waals surface area contributed by atoms with Gasteiger partial charge in [-0.3, -0.25) is 4.21 Å². The molecular formula is C13H19NO2S. The molecule has 1 saturated carbocycles. The van der Waals surface area contributed by atoms with Crippen molar-refractivity contribution in [2.75, 3.05) is 7.11 Å². The van der Waals surface area contributed by atoms with Crippen LogP contribution in [0.25, 0.3) is 0 Å². The van der Waals surface area contributed by atoms with Crippen LogP contribution in [0.1, 0.15) is 25.7 Å². The number of nitrogens with two attached hydrogens (primary N) is 1. The molecule has 0 aromatic heterocycles. The summed E-state index contributed by atoms with van der Waals surface area (Å²) >= 11 is 0. The molecule has 0 saturated heterocycles. The van der Waals surface area contributed by atoms with Gasteiger partial charge < -0.3 is 10.5 Å². The topological polar surface area (TPSA) is 52.3 Å². The van der Waals surface area contributed by atoms with Crippen LogP contribution in [0.15, 0.2) is 29.2 Å². The first-order chi connectivity index (χ1) is 8.22. The molecule has 1 aromatic carbocycles. The zero-order valence-corrected chi connectivity index (χ0v) is 10.9. The Balaban J connectivity index is 2.18. The molecule has 0 aliphatic heterocycles. The molecule has 3 atom stereocenters. The molecule has 94 valence electrons. The Morgan fingerprint density at radius 1 is 1.35 bits per heavy atom. The summed E-state index contributed by atoms with van der Waals surface area (Å²) in [7, 11) is 0.607. The van der Waals surface area contributed by atoms with E-state index in [0.29, 0.717) is 5.75 Å². The third-order valence-electron chi connectivity index (χ3n) is 3.26. The van der Waals surface area contributed by atoms with Crippen LogP contribution < -0.4 is 10.5 Å². The number of benzene rings is 1. The molecular weight excluding hydrogens is 234 g/mol. The highest BCUT2D eigenvalue weighted by atomic mass is 32.2. The summed E-state index contributed by atoms with van der Waals surface area (Å²) in [5.41, 5.74) is 5.95. The molecule has 0 bridgehead atoms. The summed E-state index contributed by atoms with van der Waals surface area (Å²) in [6.45, 7) is 0. The van der Waals surface area contributed by atoms with Crippen LogP contribution in [-0.4, -0.2) is 22.6 Å². The third kappa shape index (κ3) is 2.87. The van der Waals surface area contributed by atoms with Crippen LogP contribution in [0.2, 0.25) is 0 Å². The first-order valence-electron chi connectivity index (χ1n) is 6.01. The fraction of sp³-hybridized carbons (Fsp3) is 0.538. The Labute approximate surface area is 105 Å². The van der Waals surface area contributed by atoms with Crippen molar-refractivity contribution in [2.24, 2.45) is 5.73 Å². The monoisotopic (exact) mass is 253 g/mol. The van der Waals surface area contributed by atoms with E-state index in [0.717, 1.165) is 30.6 Å². The first kappa shape index (κ1) is 12.6. The maximum atomic E-state index is 12.5. The van der Waals surface area contributed by atoms with Crippen molar-refractivity contribution in [2.45, 2.75) is 41.9 Å². The molecule has 1 aliphatic carbocycles. The fourth-order valence-electron chi connectivity index (χ4n) is 2.34. The first-order valence-corrected chi connectivity index (χ1v) is 7.23. The average Bonchev–Trinajstić information content (AvgIpc) is 2.38. The van der Waals surface area contributed by atoms with Gasteiger partial charge in [0, 0.05) is 11.3 Å². The molecule has 2 rings (SSSR count). The zero-order chi connectivity index (χ0) is 12.3. The second-order valence-corrected chi connectivity index (χ2v) is 6.20. The Hall–Kier alpha value is -0.870. The Bertz CT molecular complexity index is 408. The number of hydrogen-bond acceptors (Lipinski definition) is 3. The molecule has 0 heterocycles. The van der Waals surface area contributed by atoms with E-state index in [1.165, 1.54) is 0 Å². The number of para-hydroxylation sites is 1. The molecule has 2 N–H and O–H groups in total. The fourth-order valence-corrected chi connectivity index (χ4v) is 4.06. The van der Waals surface area contributed by atoms with Crippen molar-refractivity contribution in [1.29, 1.82) is 0 Å². The van der Waals surface area contributed by atoms with E-state index in [-0.39, 0.29) is 11.3 Å². The lowest BCUT2D eigenvalue weighted by Crippen LogP contribution is -2.33. The third-order valence-corrected chi connectivity index (χ3v) is 5.06. The maximum absolute atomic E-state index is 12.5. The van der Waals surface area contributed by atoms with E-state index < -0.39 is 10.8 Å². The summed E-state index contributed by atoms with van der Waals surface area (Å²) in [6, 6.07) is 7.74. The van der Waals surface area contributed by atoms with E-state index in [1.54, 1.807) is 7.11 Å². The molecule has 3 unspecified atom stereocenters. The summed E-state index contributed by atoms with van der Waals surface area (Å²) in [5.74, 6) is 0.713. The minimum atomic E-state index is -1.01. The van der Waals surface area contributed by atoms with Gasteiger partial charge in [-0.15, -0.1) is 0 Å². The van der Waals surface area contributed by atoms with Crippen LogP contribution in [0.4, 0.5) is 0 Å². The van der Waals surface area contributed by atoms with Gasteiger partial charge in [-0.1, -0.05) is 18.6 Å². The quantitative estimate of drug-likeness (QED) is 0.897. The van der Waals surface area contributed by atoms with Gasteiger partial charge in [-0.25, -0.2) is 0 Å². The number of hydrogen-bond donors (Lipinski definition) is 1. The van der Waals surface area contributed by atoms with Crippen molar-refractivity contribution in [3.63, 3.8) is 0 Å². The summed E-state index contributed by atoms with van der Waals surface area (Å²) in [5, 5.41) is 0.176. The van der Waals surface area contributed by atoms with Gasteiger partial charge in [0.1, 0.15) is 5.75 Å². The molecule has 0 amide bonds. The predicted molar refractivity (Wildman–Crippen MR) is 69.6 cm³/mol. The molecule has 4 heteroatoms. The molecule has 0 spiro atoms. The van der Waals surface area contributed by atoms with Gasteiger partial charge in [0.25, 0.3) is 0 Å². The highest BCUT2D eigenvalue weighted by molar-refractivity contribution is 7.85. The Kier molecular flexibility index (Phi) is 4.18. The molecule has 1 fully saturated rings. The van der Waals surface area contributed by atoms with Crippen molar-refractivity contribution < 1.29 is 8.95 Å². The molecule has 0 radical (unpaired) electrons. The lowest BCUT2D eigenvalue weighted by molar-refractivity contribution is 0.402. The maximum Gasteiger partial charge on any atom is 0.134 e. The Morgan fingerprint density at radius 2 is 2.12 bits per heavy atom. The smallest absolute Gasteiger partial charge is 0.134 e. The van der Waals surface area contributed by atoms with Crippen molar-refractivity contribution in [3.05, 3.63) is 24.3 Å². The number of rotatable bonds is 3. The summed E-state index contributed by atoms with van der Waals surface area (Å²) < 4.78 is 17.8. The molecule has 17 heavy (non-hydrogen) atoms. The lowest BCUT2D eigenvalue weighted by atomic mass is 9.96. The van der Waals surface area contributed by atoms with Gasteiger partial charge in [0.15, 0.2) is 0 Å². The SMILES string of the molecule is COc1ccccc1S(=O)C1CCCC(N)C1. The van der Waals surface area contributed by atoms with Gasteiger partial charge in [-0.05, 0) is 31.4 Å². The second-order valence-electron chi connectivity index (χ2n) is 4.50. The van der Waals surface area contributed by atoms with E-state index >= 15 is 0 Å². The molecule has 3 nitrogen and oxygen atoms in total. The largest absolute Gasteiger partial charge is 0.495 e. The van der Waals surface area contributed by atoms with Crippen molar-refractivity contribution >= 4 is 10.8 Å².